The van der Waals surface area contributed by atoms with Crippen LogP contribution in [0.5, 0.6) is 0 Å². The Hall–Kier alpha value is -3.28. The zero-order valence-electron chi connectivity index (χ0n) is 15.1. The lowest BCUT2D eigenvalue weighted by Gasteiger charge is -2.12. The molecule has 138 valence electrons. The van der Waals surface area contributed by atoms with Gasteiger partial charge in [0.25, 0.3) is 5.91 Å². The van der Waals surface area contributed by atoms with Crippen molar-refractivity contribution in [2.75, 3.05) is 6.61 Å². The first-order valence-electron chi connectivity index (χ1n) is 8.50. The fourth-order valence-electron chi connectivity index (χ4n) is 2.89. The van der Waals surface area contributed by atoms with Gasteiger partial charge in [-0.3, -0.25) is 9.78 Å². The highest BCUT2D eigenvalue weighted by Gasteiger charge is 2.18. The number of aryl methyl sites for hydroxylation is 2. The number of esters is 1. The molecule has 0 atom stereocenters. The Morgan fingerprint density at radius 2 is 1.78 bits per heavy atom. The van der Waals surface area contributed by atoms with Gasteiger partial charge in [0.05, 0.1) is 16.8 Å². The summed E-state index contributed by atoms with van der Waals surface area (Å²) >= 11 is 0. The van der Waals surface area contributed by atoms with Crippen LogP contribution in [0.25, 0.3) is 10.9 Å². The number of fused-ring (bicyclic) bond motifs is 1. The number of benzene rings is 2. The molecule has 0 saturated carbocycles. The number of carbonyl (C=O) groups is 2. The van der Waals surface area contributed by atoms with Gasteiger partial charge < -0.3 is 10.1 Å². The molecule has 5 nitrogen and oxygen atoms in total. The molecule has 1 amide bonds. The number of amides is 1. The molecule has 1 N–H and O–H groups in total. The van der Waals surface area contributed by atoms with E-state index < -0.39 is 18.5 Å². The van der Waals surface area contributed by atoms with Gasteiger partial charge in [-0.15, -0.1) is 0 Å². The van der Waals surface area contributed by atoms with Crippen molar-refractivity contribution in [3.05, 3.63) is 76.7 Å². The van der Waals surface area contributed by atoms with E-state index in [-0.39, 0.29) is 12.4 Å². The molecule has 1 aromatic heterocycles. The number of para-hydroxylation sites is 1. The quantitative estimate of drug-likeness (QED) is 0.702. The van der Waals surface area contributed by atoms with E-state index in [1.54, 1.807) is 19.1 Å². The number of nitrogens with zero attached hydrogens (tertiary/aromatic N) is 1. The second-order valence-corrected chi connectivity index (χ2v) is 6.19. The van der Waals surface area contributed by atoms with E-state index in [9.17, 15) is 14.0 Å². The SMILES string of the molecule is Cc1nc2ccccc2c(C)c1C(=O)OCC(=O)NCc1ccc(F)cc1. The molecule has 0 saturated heterocycles. The summed E-state index contributed by atoms with van der Waals surface area (Å²) in [4.78, 5) is 28.8. The van der Waals surface area contributed by atoms with Gasteiger partial charge in [0.1, 0.15) is 5.82 Å². The van der Waals surface area contributed by atoms with E-state index in [0.717, 1.165) is 22.0 Å². The van der Waals surface area contributed by atoms with Crippen molar-refractivity contribution in [2.45, 2.75) is 20.4 Å². The third kappa shape index (κ3) is 4.28. The van der Waals surface area contributed by atoms with Gasteiger partial charge >= 0.3 is 5.97 Å². The average Bonchev–Trinajstić information content (AvgIpc) is 2.66. The Labute approximate surface area is 156 Å². The Balaban J connectivity index is 1.63. The fraction of sp³-hybridized carbons (Fsp3) is 0.190. The predicted molar refractivity (Wildman–Crippen MR) is 99.7 cm³/mol. The summed E-state index contributed by atoms with van der Waals surface area (Å²) in [6.45, 7) is 3.41. The van der Waals surface area contributed by atoms with Gasteiger partial charge in [0.2, 0.25) is 0 Å². The lowest BCUT2D eigenvalue weighted by Crippen LogP contribution is -2.28. The van der Waals surface area contributed by atoms with E-state index in [2.05, 4.69) is 10.3 Å². The molecule has 1 heterocycles. The van der Waals surface area contributed by atoms with E-state index >= 15 is 0 Å². The summed E-state index contributed by atoms with van der Waals surface area (Å²) < 4.78 is 18.0. The largest absolute Gasteiger partial charge is 0.452 e. The second kappa shape index (κ2) is 7.95. The highest BCUT2D eigenvalue weighted by Crippen LogP contribution is 2.23. The van der Waals surface area contributed by atoms with Gasteiger partial charge in [-0.2, -0.15) is 0 Å². The maximum absolute atomic E-state index is 12.9. The van der Waals surface area contributed by atoms with Crippen molar-refractivity contribution in [3.8, 4) is 0 Å². The lowest BCUT2D eigenvalue weighted by atomic mass is 10.0. The zero-order valence-corrected chi connectivity index (χ0v) is 15.1. The summed E-state index contributed by atoms with van der Waals surface area (Å²) in [6, 6.07) is 13.3. The average molecular weight is 366 g/mol. The molecule has 0 bridgehead atoms. The van der Waals surface area contributed by atoms with E-state index in [0.29, 0.717) is 11.3 Å². The molecule has 6 heteroatoms. The van der Waals surface area contributed by atoms with E-state index in [1.165, 1.54) is 12.1 Å². The fourth-order valence-corrected chi connectivity index (χ4v) is 2.89. The van der Waals surface area contributed by atoms with Crippen LogP contribution in [0.2, 0.25) is 0 Å². The van der Waals surface area contributed by atoms with Crippen LogP contribution in [0.3, 0.4) is 0 Å². The minimum atomic E-state index is -0.583. The maximum Gasteiger partial charge on any atom is 0.340 e. The Bertz CT molecular complexity index is 1000. The van der Waals surface area contributed by atoms with Crippen molar-refractivity contribution in [1.82, 2.24) is 10.3 Å². The molecule has 0 radical (unpaired) electrons. The summed E-state index contributed by atoms with van der Waals surface area (Å²) in [5, 5.41) is 3.50. The van der Waals surface area contributed by atoms with Crippen LogP contribution < -0.4 is 5.32 Å². The number of halogens is 1. The van der Waals surface area contributed by atoms with Crippen LogP contribution >= 0.6 is 0 Å². The number of hydrogen-bond donors (Lipinski definition) is 1. The van der Waals surface area contributed by atoms with Crippen LogP contribution in [0.4, 0.5) is 4.39 Å². The maximum atomic E-state index is 12.9. The van der Waals surface area contributed by atoms with Crippen molar-refractivity contribution < 1.29 is 18.7 Å². The van der Waals surface area contributed by atoms with Crippen LogP contribution in [-0.4, -0.2) is 23.5 Å². The number of aromatic nitrogens is 1. The highest BCUT2D eigenvalue weighted by atomic mass is 19.1. The molecular weight excluding hydrogens is 347 g/mol. The third-order valence-electron chi connectivity index (χ3n) is 4.27. The monoisotopic (exact) mass is 366 g/mol. The Kier molecular flexibility index (Phi) is 5.45. The number of pyridine rings is 1. The first-order chi connectivity index (χ1) is 13.0. The van der Waals surface area contributed by atoms with Gasteiger partial charge in [-0.1, -0.05) is 30.3 Å². The van der Waals surface area contributed by atoms with Gasteiger partial charge in [0, 0.05) is 11.9 Å². The van der Waals surface area contributed by atoms with Crippen LogP contribution in [0.15, 0.2) is 48.5 Å². The normalized spacial score (nSPS) is 10.6. The molecule has 0 aliphatic heterocycles. The number of rotatable bonds is 5. The van der Waals surface area contributed by atoms with Crippen molar-refractivity contribution >= 4 is 22.8 Å². The molecule has 0 fully saturated rings. The predicted octanol–water partition coefficient (Wildman–Crippen LogP) is 3.46. The number of nitrogens with one attached hydrogen (secondary N) is 1. The molecule has 3 aromatic rings. The molecule has 2 aromatic carbocycles. The minimum absolute atomic E-state index is 0.228. The summed E-state index contributed by atoms with van der Waals surface area (Å²) in [5.41, 5.74) is 3.26. The van der Waals surface area contributed by atoms with Crippen molar-refractivity contribution in [3.63, 3.8) is 0 Å². The van der Waals surface area contributed by atoms with Crippen LogP contribution in [-0.2, 0) is 16.1 Å². The Morgan fingerprint density at radius 3 is 2.52 bits per heavy atom. The van der Waals surface area contributed by atoms with Crippen molar-refractivity contribution in [2.24, 2.45) is 0 Å². The number of hydrogen-bond acceptors (Lipinski definition) is 4. The zero-order chi connectivity index (χ0) is 19.4. The van der Waals surface area contributed by atoms with Crippen LogP contribution in [0.1, 0.15) is 27.2 Å². The standard InChI is InChI=1S/C21H19FN2O3/c1-13-17-5-3-4-6-18(17)24-14(2)20(13)21(26)27-12-19(25)23-11-15-7-9-16(22)10-8-15/h3-10H,11-12H2,1-2H3,(H,23,25). The molecule has 0 aliphatic carbocycles. The number of carbonyl (C=O) groups excluding carboxylic acids is 2. The molecule has 0 unspecified atom stereocenters. The van der Waals surface area contributed by atoms with Gasteiger partial charge in [0.15, 0.2) is 6.61 Å². The highest BCUT2D eigenvalue weighted by molar-refractivity contribution is 5.99. The molecular formula is C21H19FN2O3. The number of ether oxygens (including phenoxy) is 1. The molecule has 0 aliphatic rings. The first kappa shape index (κ1) is 18.5. The van der Waals surface area contributed by atoms with Gasteiger partial charge in [-0.25, -0.2) is 9.18 Å². The lowest BCUT2D eigenvalue weighted by molar-refractivity contribution is -0.124. The van der Waals surface area contributed by atoms with E-state index in [4.69, 9.17) is 4.74 Å². The van der Waals surface area contributed by atoms with Crippen molar-refractivity contribution in [1.29, 1.82) is 0 Å². The smallest absolute Gasteiger partial charge is 0.340 e. The van der Waals surface area contributed by atoms with Gasteiger partial charge in [-0.05, 0) is 43.2 Å². The Morgan fingerprint density at radius 1 is 1.07 bits per heavy atom. The third-order valence-corrected chi connectivity index (χ3v) is 4.27. The molecule has 3 rings (SSSR count). The van der Waals surface area contributed by atoms with Crippen LogP contribution in [0, 0.1) is 19.7 Å². The minimum Gasteiger partial charge on any atom is -0.452 e. The second-order valence-electron chi connectivity index (χ2n) is 6.19. The summed E-state index contributed by atoms with van der Waals surface area (Å²) in [7, 11) is 0. The molecule has 27 heavy (non-hydrogen) atoms. The molecule has 0 spiro atoms. The summed E-state index contributed by atoms with van der Waals surface area (Å²) in [5.74, 6) is -1.36. The topological polar surface area (TPSA) is 68.3 Å². The summed E-state index contributed by atoms with van der Waals surface area (Å²) in [6.07, 6.45) is 0. The first-order valence-corrected chi connectivity index (χ1v) is 8.50. The van der Waals surface area contributed by atoms with E-state index in [1.807, 2.05) is 31.2 Å².